The molecule has 3 aromatic rings. The maximum Gasteiger partial charge on any atom is 0.243 e. The Kier molecular flexibility index (Phi) is 7.36. The third kappa shape index (κ3) is 5.09. The van der Waals surface area contributed by atoms with Crippen molar-refractivity contribution < 1.29 is 8.42 Å². The average Bonchev–Trinajstić information content (AvgIpc) is 2.75. The van der Waals surface area contributed by atoms with Crippen LogP contribution >= 0.6 is 7.92 Å². The first kappa shape index (κ1) is 23.7. The Morgan fingerprint density at radius 1 is 0.806 bits per heavy atom. The zero-order valence-corrected chi connectivity index (χ0v) is 20.7. The van der Waals surface area contributed by atoms with Crippen molar-refractivity contribution in [1.29, 1.82) is 0 Å². The van der Waals surface area contributed by atoms with Gasteiger partial charge in [0.1, 0.15) is 0 Å². The van der Waals surface area contributed by atoms with E-state index in [1.807, 2.05) is 68.4 Å². The number of nitrogens with zero attached hydrogens (tertiary/aromatic N) is 1. The smallest absolute Gasteiger partial charge is 0.207 e. The quantitative estimate of drug-likeness (QED) is 0.478. The maximum absolute atomic E-state index is 14.0. The molecule has 0 aliphatic carbocycles. The monoisotopic (exact) mass is 453 g/mol. The van der Waals surface area contributed by atoms with E-state index >= 15 is 0 Å². The second kappa shape index (κ2) is 9.65. The summed E-state index contributed by atoms with van der Waals surface area (Å²) in [6.45, 7) is 10.6. The van der Waals surface area contributed by atoms with Crippen LogP contribution in [0.25, 0.3) is 0 Å². The Labute approximate surface area is 188 Å². The van der Waals surface area contributed by atoms with Crippen LogP contribution in [0.2, 0.25) is 0 Å². The molecule has 3 rings (SSSR count). The fraction of sp³-hybridized carbons (Fsp3) is 0.308. The van der Waals surface area contributed by atoms with Crippen LogP contribution in [0.4, 0.5) is 0 Å². The van der Waals surface area contributed by atoms with Crippen LogP contribution in [0.5, 0.6) is 0 Å². The minimum Gasteiger partial charge on any atom is -0.207 e. The van der Waals surface area contributed by atoms with Crippen molar-refractivity contribution in [2.75, 3.05) is 6.54 Å². The molecule has 1 atom stereocenters. The van der Waals surface area contributed by atoms with Crippen molar-refractivity contribution in [3.8, 4) is 0 Å². The molecule has 0 heterocycles. The van der Waals surface area contributed by atoms with Crippen molar-refractivity contribution in [3.63, 3.8) is 0 Å². The Bertz CT molecular complexity index is 1050. The molecule has 0 saturated heterocycles. The van der Waals surface area contributed by atoms with Gasteiger partial charge in [-0.2, -0.15) is 4.31 Å². The molecule has 164 valence electrons. The van der Waals surface area contributed by atoms with Gasteiger partial charge in [0.2, 0.25) is 10.0 Å². The molecule has 0 radical (unpaired) electrons. The van der Waals surface area contributed by atoms with Gasteiger partial charge in [0.05, 0.1) is 4.90 Å². The second-order valence-electron chi connectivity index (χ2n) is 8.72. The van der Waals surface area contributed by atoms with Crippen molar-refractivity contribution in [2.24, 2.45) is 5.41 Å². The summed E-state index contributed by atoms with van der Waals surface area (Å²) < 4.78 is 29.6. The van der Waals surface area contributed by atoms with E-state index < -0.39 is 17.9 Å². The Balaban J connectivity index is 2.22. The molecule has 0 aliphatic heterocycles. The highest BCUT2D eigenvalue weighted by molar-refractivity contribution is 7.90. The number of benzene rings is 3. The Morgan fingerprint density at radius 2 is 1.26 bits per heavy atom. The summed E-state index contributed by atoms with van der Waals surface area (Å²) in [4.78, 5) is 0.409. The lowest BCUT2D eigenvalue weighted by Crippen LogP contribution is -2.46. The zero-order valence-electron chi connectivity index (χ0n) is 19.0. The third-order valence-corrected chi connectivity index (χ3v) is 10.5. The molecule has 0 aliphatic rings. The molecule has 0 saturated carbocycles. The molecule has 0 spiro atoms. The van der Waals surface area contributed by atoms with Crippen molar-refractivity contribution >= 4 is 33.9 Å². The standard InChI is InChI=1S/C26H32NO2PS/c1-6-27(21(2)26(3,4)5)31(28,29)25-20-14-13-19-24(25)30(22-15-9-7-10-16-22)23-17-11-8-12-18-23/h7-21H,6H2,1-5H3/t21-/m0/s1. The summed E-state index contributed by atoms with van der Waals surface area (Å²) >= 11 is 0. The molecule has 0 unspecified atom stereocenters. The lowest BCUT2D eigenvalue weighted by molar-refractivity contribution is 0.198. The van der Waals surface area contributed by atoms with Crippen LogP contribution in [0.1, 0.15) is 34.6 Å². The van der Waals surface area contributed by atoms with Gasteiger partial charge in [0, 0.05) is 17.9 Å². The summed E-state index contributed by atoms with van der Waals surface area (Å²) in [7, 11) is -4.69. The van der Waals surface area contributed by atoms with E-state index in [0.29, 0.717) is 11.4 Å². The molecule has 3 aromatic carbocycles. The van der Waals surface area contributed by atoms with Gasteiger partial charge in [0.25, 0.3) is 0 Å². The van der Waals surface area contributed by atoms with Crippen LogP contribution in [-0.4, -0.2) is 25.3 Å². The number of rotatable bonds is 7. The van der Waals surface area contributed by atoms with Gasteiger partial charge in [-0.1, -0.05) is 107 Å². The Morgan fingerprint density at radius 3 is 1.71 bits per heavy atom. The van der Waals surface area contributed by atoms with E-state index in [4.69, 9.17) is 0 Å². The zero-order chi connectivity index (χ0) is 22.6. The van der Waals surface area contributed by atoms with Crippen LogP contribution in [0.15, 0.2) is 89.8 Å². The SMILES string of the molecule is CCN([C@@H](C)C(C)(C)C)S(=O)(=O)c1ccccc1P(c1ccccc1)c1ccccc1. The summed E-state index contributed by atoms with van der Waals surface area (Å²) in [6.07, 6.45) is 0. The third-order valence-electron chi connectivity index (χ3n) is 5.72. The molecule has 0 fully saturated rings. The first-order valence-electron chi connectivity index (χ1n) is 10.7. The molecule has 0 aromatic heterocycles. The van der Waals surface area contributed by atoms with Crippen molar-refractivity contribution in [2.45, 2.75) is 45.6 Å². The summed E-state index contributed by atoms with van der Waals surface area (Å²) in [5, 5.41) is 3.14. The molecular weight excluding hydrogens is 421 g/mol. The van der Waals surface area contributed by atoms with Gasteiger partial charge in [-0.15, -0.1) is 0 Å². The van der Waals surface area contributed by atoms with Crippen LogP contribution < -0.4 is 15.9 Å². The maximum atomic E-state index is 14.0. The van der Waals surface area contributed by atoms with Gasteiger partial charge in [-0.25, -0.2) is 8.42 Å². The highest BCUT2D eigenvalue weighted by Crippen LogP contribution is 2.37. The fourth-order valence-electron chi connectivity index (χ4n) is 3.65. The summed E-state index contributed by atoms with van der Waals surface area (Å²) in [5.41, 5.74) is -0.165. The summed E-state index contributed by atoms with van der Waals surface area (Å²) in [6, 6.07) is 27.8. The van der Waals surface area contributed by atoms with E-state index in [1.54, 1.807) is 10.4 Å². The molecule has 3 nitrogen and oxygen atoms in total. The number of hydrogen-bond acceptors (Lipinski definition) is 2. The van der Waals surface area contributed by atoms with E-state index in [9.17, 15) is 8.42 Å². The predicted octanol–water partition coefficient (Wildman–Crippen LogP) is 4.89. The highest BCUT2D eigenvalue weighted by Gasteiger charge is 2.36. The molecule has 31 heavy (non-hydrogen) atoms. The lowest BCUT2D eigenvalue weighted by atomic mass is 9.88. The summed E-state index contributed by atoms with van der Waals surface area (Å²) in [5.74, 6) is 0. The van der Waals surface area contributed by atoms with E-state index in [1.165, 1.54) is 0 Å². The predicted molar refractivity (Wildman–Crippen MR) is 134 cm³/mol. The van der Waals surface area contributed by atoms with Gasteiger partial charge >= 0.3 is 0 Å². The highest BCUT2D eigenvalue weighted by atomic mass is 32.2. The molecule has 0 bridgehead atoms. The van der Waals surface area contributed by atoms with Crippen LogP contribution in [-0.2, 0) is 10.0 Å². The van der Waals surface area contributed by atoms with Gasteiger partial charge in [-0.05, 0) is 36.9 Å². The van der Waals surface area contributed by atoms with Crippen molar-refractivity contribution in [3.05, 3.63) is 84.9 Å². The molecule has 0 amide bonds. The van der Waals surface area contributed by atoms with E-state index in [0.717, 1.165) is 15.9 Å². The average molecular weight is 454 g/mol. The topological polar surface area (TPSA) is 37.4 Å². The van der Waals surface area contributed by atoms with Gasteiger partial charge in [0.15, 0.2) is 0 Å². The second-order valence-corrected chi connectivity index (χ2v) is 12.8. The van der Waals surface area contributed by atoms with E-state index in [2.05, 4.69) is 45.0 Å². The van der Waals surface area contributed by atoms with Crippen LogP contribution in [0.3, 0.4) is 0 Å². The van der Waals surface area contributed by atoms with Gasteiger partial charge in [-0.3, -0.25) is 0 Å². The van der Waals surface area contributed by atoms with Crippen molar-refractivity contribution in [1.82, 2.24) is 4.31 Å². The minimum absolute atomic E-state index is 0.129. The number of sulfonamides is 1. The fourth-order valence-corrected chi connectivity index (χ4v) is 8.50. The minimum atomic E-state index is -3.68. The first-order valence-corrected chi connectivity index (χ1v) is 13.5. The number of hydrogen-bond donors (Lipinski definition) is 0. The van der Waals surface area contributed by atoms with Gasteiger partial charge < -0.3 is 0 Å². The largest absolute Gasteiger partial charge is 0.243 e. The van der Waals surface area contributed by atoms with Crippen LogP contribution in [0, 0.1) is 5.41 Å². The molecule has 5 heteroatoms. The molecular formula is C26H32NO2PS. The molecule has 0 N–H and O–H groups in total. The van der Waals surface area contributed by atoms with E-state index in [-0.39, 0.29) is 11.5 Å². The normalized spacial score (nSPS) is 13.5. The lowest BCUT2D eigenvalue weighted by Gasteiger charge is -2.37. The first-order chi connectivity index (χ1) is 14.7. The Hall–Kier alpha value is -2.00.